The highest BCUT2D eigenvalue weighted by Gasteiger charge is 2.52. The number of rotatable bonds is 3. The van der Waals surface area contributed by atoms with Crippen molar-refractivity contribution in [3.8, 4) is 0 Å². The summed E-state index contributed by atoms with van der Waals surface area (Å²) in [6.45, 7) is 0.368. The third-order valence-corrected chi connectivity index (χ3v) is 7.43. The summed E-state index contributed by atoms with van der Waals surface area (Å²) in [6.07, 6.45) is 4.21. The molecule has 0 amide bonds. The van der Waals surface area contributed by atoms with Gasteiger partial charge in [0.25, 0.3) is 10.2 Å². The van der Waals surface area contributed by atoms with Gasteiger partial charge in [-0.1, -0.05) is 43.2 Å². The van der Waals surface area contributed by atoms with Crippen molar-refractivity contribution in [3.63, 3.8) is 0 Å². The number of aliphatic hydroxyl groups is 1. The third kappa shape index (κ3) is 2.82. The zero-order valence-electron chi connectivity index (χ0n) is 13.9. The molecule has 0 aromatic heterocycles. The Morgan fingerprint density at radius 1 is 1.17 bits per heavy atom. The van der Waals surface area contributed by atoms with Gasteiger partial charge in [0.2, 0.25) is 0 Å². The minimum Gasteiger partial charge on any atom is -0.385 e. The highest BCUT2D eigenvalue weighted by Crippen LogP contribution is 2.47. The van der Waals surface area contributed by atoms with Crippen molar-refractivity contribution in [2.45, 2.75) is 43.7 Å². The summed E-state index contributed by atoms with van der Waals surface area (Å²) in [5.41, 5.74) is -0.0104. The van der Waals surface area contributed by atoms with Crippen LogP contribution in [0.3, 0.4) is 0 Å². The van der Waals surface area contributed by atoms with E-state index in [-0.39, 0.29) is 12.0 Å². The Morgan fingerprint density at radius 3 is 2.48 bits per heavy atom. The van der Waals surface area contributed by atoms with E-state index in [0.717, 1.165) is 31.2 Å². The normalized spacial score (nSPS) is 32.7. The first-order valence-corrected chi connectivity index (χ1v) is 9.74. The smallest absolute Gasteiger partial charge is 0.281 e. The lowest BCUT2D eigenvalue weighted by Gasteiger charge is -2.52. The number of fused-ring (bicyclic) bond motifs is 1. The van der Waals surface area contributed by atoms with E-state index in [1.54, 1.807) is 18.4 Å². The van der Waals surface area contributed by atoms with Gasteiger partial charge in [-0.25, -0.2) is 0 Å². The molecule has 3 atom stereocenters. The van der Waals surface area contributed by atoms with Crippen LogP contribution in [0, 0.1) is 5.92 Å². The first-order chi connectivity index (χ1) is 10.9. The van der Waals surface area contributed by atoms with E-state index in [4.69, 9.17) is 0 Å². The Hall–Kier alpha value is -0.950. The van der Waals surface area contributed by atoms with Gasteiger partial charge in [-0.15, -0.1) is 0 Å². The lowest BCUT2D eigenvalue weighted by atomic mass is 9.67. The summed E-state index contributed by atoms with van der Waals surface area (Å²) in [5, 5.41) is 11.4. The summed E-state index contributed by atoms with van der Waals surface area (Å²) in [6, 6.07) is 9.62. The van der Waals surface area contributed by atoms with Crippen molar-refractivity contribution >= 4 is 10.2 Å². The van der Waals surface area contributed by atoms with Gasteiger partial charge in [0, 0.05) is 32.6 Å². The van der Waals surface area contributed by atoms with E-state index in [0.29, 0.717) is 13.0 Å². The Labute approximate surface area is 139 Å². The molecule has 23 heavy (non-hydrogen) atoms. The molecule has 2 fully saturated rings. The Balaban J connectivity index is 1.98. The molecule has 1 N–H and O–H groups in total. The fourth-order valence-corrected chi connectivity index (χ4v) is 5.56. The highest BCUT2D eigenvalue weighted by atomic mass is 32.2. The molecule has 1 saturated carbocycles. The average molecular weight is 338 g/mol. The van der Waals surface area contributed by atoms with Gasteiger partial charge >= 0.3 is 0 Å². The zero-order chi connectivity index (χ0) is 16.7. The van der Waals surface area contributed by atoms with Crippen LogP contribution in [0.2, 0.25) is 0 Å². The molecular weight excluding hydrogens is 312 g/mol. The van der Waals surface area contributed by atoms with Crippen LogP contribution in [-0.2, 0) is 15.8 Å². The fourth-order valence-electron chi connectivity index (χ4n) is 4.23. The number of piperidine rings is 1. The van der Waals surface area contributed by atoms with E-state index in [2.05, 4.69) is 0 Å². The topological polar surface area (TPSA) is 60.9 Å². The number of hydrogen-bond acceptors (Lipinski definition) is 3. The number of nitrogens with zero attached hydrogens (tertiary/aromatic N) is 2. The minimum atomic E-state index is -3.45. The molecule has 1 aliphatic heterocycles. The van der Waals surface area contributed by atoms with Crippen LogP contribution in [0.5, 0.6) is 0 Å². The molecular formula is C17H26N2O3S. The maximum atomic E-state index is 12.7. The van der Waals surface area contributed by atoms with Gasteiger partial charge in [0.1, 0.15) is 0 Å². The van der Waals surface area contributed by atoms with Crippen molar-refractivity contribution < 1.29 is 13.5 Å². The lowest BCUT2D eigenvalue weighted by Crippen LogP contribution is -2.60. The van der Waals surface area contributed by atoms with Gasteiger partial charge in [0.05, 0.1) is 5.60 Å². The first kappa shape index (κ1) is 16.9. The predicted molar refractivity (Wildman–Crippen MR) is 90.0 cm³/mol. The summed E-state index contributed by atoms with van der Waals surface area (Å²) >= 11 is 0. The van der Waals surface area contributed by atoms with E-state index >= 15 is 0 Å². The van der Waals surface area contributed by atoms with Crippen molar-refractivity contribution in [3.05, 3.63) is 35.9 Å². The monoisotopic (exact) mass is 338 g/mol. The summed E-state index contributed by atoms with van der Waals surface area (Å²) < 4.78 is 28.2. The average Bonchev–Trinajstić information content (AvgIpc) is 2.56. The van der Waals surface area contributed by atoms with Crippen molar-refractivity contribution in [2.24, 2.45) is 5.92 Å². The Bertz CT molecular complexity index is 647. The molecule has 0 spiro atoms. The highest BCUT2D eigenvalue weighted by molar-refractivity contribution is 7.86. The maximum Gasteiger partial charge on any atom is 0.281 e. The molecule has 1 aromatic carbocycles. The van der Waals surface area contributed by atoms with Crippen LogP contribution in [0.4, 0.5) is 0 Å². The van der Waals surface area contributed by atoms with Crippen molar-refractivity contribution in [1.82, 2.24) is 8.61 Å². The molecule has 5 nitrogen and oxygen atoms in total. The van der Waals surface area contributed by atoms with E-state index in [1.807, 2.05) is 30.3 Å². The van der Waals surface area contributed by atoms with Crippen LogP contribution in [0.15, 0.2) is 30.3 Å². The first-order valence-electron chi connectivity index (χ1n) is 8.34. The predicted octanol–water partition coefficient (Wildman–Crippen LogP) is 1.95. The molecule has 0 bridgehead atoms. The fraction of sp³-hybridized carbons (Fsp3) is 0.647. The van der Waals surface area contributed by atoms with Crippen LogP contribution in [0.1, 0.15) is 37.7 Å². The van der Waals surface area contributed by atoms with Gasteiger partial charge in [-0.3, -0.25) is 0 Å². The van der Waals surface area contributed by atoms with Gasteiger partial charge in [-0.05, 0) is 24.8 Å². The van der Waals surface area contributed by atoms with E-state index in [1.165, 1.54) is 4.31 Å². The molecule has 1 saturated heterocycles. The van der Waals surface area contributed by atoms with Gasteiger partial charge < -0.3 is 5.11 Å². The molecule has 1 aliphatic carbocycles. The molecule has 6 heteroatoms. The van der Waals surface area contributed by atoms with E-state index < -0.39 is 15.8 Å². The van der Waals surface area contributed by atoms with E-state index in [9.17, 15) is 13.5 Å². The molecule has 1 aromatic rings. The second-order valence-corrected chi connectivity index (χ2v) is 8.99. The molecule has 0 radical (unpaired) electrons. The molecule has 0 unspecified atom stereocenters. The Morgan fingerprint density at radius 2 is 1.83 bits per heavy atom. The summed E-state index contributed by atoms with van der Waals surface area (Å²) in [5.74, 6) is -0.0397. The quantitative estimate of drug-likeness (QED) is 0.916. The molecule has 2 aliphatic rings. The van der Waals surface area contributed by atoms with Gasteiger partial charge in [0.15, 0.2) is 0 Å². The molecule has 128 valence electrons. The SMILES string of the molecule is CN(C)S(=O)(=O)N1CC[C@](O)(c2ccccc2)[C@@H]2CCCC[C@H]21. The van der Waals surface area contributed by atoms with Crippen molar-refractivity contribution in [2.75, 3.05) is 20.6 Å². The number of benzene rings is 1. The second-order valence-electron chi connectivity index (χ2n) is 6.90. The lowest BCUT2D eigenvalue weighted by molar-refractivity contribution is -0.101. The molecule has 3 rings (SSSR count). The summed E-state index contributed by atoms with van der Waals surface area (Å²) in [4.78, 5) is 0. The Kier molecular flexibility index (Phi) is 4.53. The second kappa shape index (κ2) is 6.16. The molecule has 1 heterocycles. The largest absolute Gasteiger partial charge is 0.385 e. The van der Waals surface area contributed by atoms with Crippen molar-refractivity contribution in [1.29, 1.82) is 0 Å². The zero-order valence-corrected chi connectivity index (χ0v) is 14.7. The minimum absolute atomic E-state index is 0.0397. The standard InChI is InChI=1S/C17H26N2O3S/c1-18(2)23(21,22)19-13-12-17(20,14-8-4-3-5-9-14)15-10-6-7-11-16(15)19/h3-5,8-9,15-16,20H,6-7,10-13H2,1-2H3/t15-,16-,17+/m1/s1. The van der Waals surface area contributed by atoms with Crippen LogP contribution in [0.25, 0.3) is 0 Å². The number of hydrogen-bond donors (Lipinski definition) is 1. The third-order valence-electron chi connectivity index (χ3n) is 5.46. The van der Waals surface area contributed by atoms with Crippen LogP contribution >= 0.6 is 0 Å². The van der Waals surface area contributed by atoms with Gasteiger partial charge in [-0.2, -0.15) is 17.0 Å². The summed E-state index contributed by atoms with van der Waals surface area (Å²) in [7, 11) is -0.298. The van der Waals surface area contributed by atoms with Crippen LogP contribution < -0.4 is 0 Å². The maximum absolute atomic E-state index is 12.7. The van der Waals surface area contributed by atoms with Crippen LogP contribution in [-0.4, -0.2) is 48.8 Å².